The zero-order valence-corrected chi connectivity index (χ0v) is 14.7. The van der Waals surface area contributed by atoms with Gasteiger partial charge in [-0.25, -0.2) is 13.1 Å². The van der Waals surface area contributed by atoms with E-state index >= 15 is 0 Å². The van der Waals surface area contributed by atoms with Gasteiger partial charge in [-0.1, -0.05) is 49.9 Å². The van der Waals surface area contributed by atoms with Gasteiger partial charge in [-0.05, 0) is 25.1 Å². The van der Waals surface area contributed by atoms with Crippen LogP contribution in [0, 0.1) is 0 Å². The Morgan fingerprint density at radius 1 is 1.14 bits per heavy atom. The third kappa shape index (κ3) is 5.42. The van der Waals surface area contributed by atoms with Gasteiger partial charge >= 0.3 is 0 Å². The molecular formula is C14H22Cl2N2O2S. The standard InChI is InChI=1S/C14H22Cl2N2O2S/c1-3-5-6-9-18-21(19,20)13-8-7-12(15)11(14(13)16)10-17-4-2/h7-8,17-18H,3-6,9-10H2,1-2H3. The lowest BCUT2D eigenvalue weighted by Gasteiger charge is -2.13. The molecule has 0 aliphatic carbocycles. The maximum Gasteiger partial charge on any atom is 0.242 e. The normalized spacial score (nSPS) is 11.8. The molecule has 0 saturated heterocycles. The van der Waals surface area contributed by atoms with Crippen molar-refractivity contribution in [3.63, 3.8) is 0 Å². The highest BCUT2D eigenvalue weighted by molar-refractivity contribution is 7.89. The first-order chi connectivity index (χ1) is 9.94. The Morgan fingerprint density at radius 3 is 2.48 bits per heavy atom. The second-order valence-electron chi connectivity index (χ2n) is 4.72. The Balaban J connectivity index is 2.96. The molecule has 0 unspecified atom stereocenters. The summed E-state index contributed by atoms with van der Waals surface area (Å²) in [4.78, 5) is 0.0815. The average molecular weight is 353 g/mol. The van der Waals surface area contributed by atoms with Crippen LogP contribution in [0.15, 0.2) is 17.0 Å². The third-order valence-electron chi connectivity index (χ3n) is 3.06. The Bertz CT molecular complexity index is 562. The minimum atomic E-state index is -3.60. The van der Waals surface area contributed by atoms with Crippen LogP contribution >= 0.6 is 23.2 Å². The molecule has 21 heavy (non-hydrogen) atoms. The molecule has 2 N–H and O–H groups in total. The van der Waals surface area contributed by atoms with Crippen molar-refractivity contribution in [1.82, 2.24) is 10.0 Å². The van der Waals surface area contributed by atoms with E-state index in [1.807, 2.05) is 6.92 Å². The number of nitrogens with one attached hydrogen (secondary N) is 2. The molecule has 4 nitrogen and oxygen atoms in total. The van der Waals surface area contributed by atoms with Gasteiger partial charge in [0.2, 0.25) is 10.0 Å². The predicted molar refractivity (Wildman–Crippen MR) is 88.6 cm³/mol. The van der Waals surface area contributed by atoms with Crippen molar-refractivity contribution in [3.8, 4) is 0 Å². The molecule has 0 amide bonds. The van der Waals surface area contributed by atoms with Gasteiger partial charge in [0.25, 0.3) is 0 Å². The lowest BCUT2D eigenvalue weighted by atomic mass is 10.2. The van der Waals surface area contributed by atoms with Crippen LogP contribution in [-0.4, -0.2) is 21.5 Å². The summed E-state index contributed by atoms with van der Waals surface area (Å²) in [6, 6.07) is 3.02. The minimum absolute atomic E-state index is 0.0815. The average Bonchev–Trinajstić information content (AvgIpc) is 2.43. The van der Waals surface area contributed by atoms with Crippen molar-refractivity contribution >= 4 is 33.2 Å². The molecule has 0 aliphatic heterocycles. The topological polar surface area (TPSA) is 58.2 Å². The summed E-state index contributed by atoms with van der Waals surface area (Å²) in [7, 11) is -3.60. The molecule has 0 spiro atoms. The molecule has 0 heterocycles. The zero-order chi connectivity index (χ0) is 15.9. The van der Waals surface area contributed by atoms with Crippen LogP contribution in [0.1, 0.15) is 38.7 Å². The summed E-state index contributed by atoms with van der Waals surface area (Å²) in [5, 5.41) is 3.75. The summed E-state index contributed by atoms with van der Waals surface area (Å²) < 4.78 is 27.2. The van der Waals surface area contributed by atoms with Gasteiger partial charge in [0, 0.05) is 23.7 Å². The van der Waals surface area contributed by atoms with Crippen molar-refractivity contribution < 1.29 is 8.42 Å². The van der Waals surface area contributed by atoms with E-state index in [9.17, 15) is 8.42 Å². The van der Waals surface area contributed by atoms with Crippen LogP contribution in [0.2, 0.25) is 10.0 Å². The second kappa shape index (κ2) is 8.96. The van der Waals surface area contributed by atoms with Crippen LogP contribution in [0.25, 0.3) is 0 Å². The van der Waals surface area contributed by atoms with Gasteiger partial charge in [0.1, 0.15) is 4.90 Å². The maximum absolute atomic E-state index is 12.3. The summed E-state index contributed by atoms with van der Waals surface area (Å²) in [5.41, 5.74) is 0.608. The van der Waals surface area contributed by atoms with Gasteiger partial charge in [-0.2, -0.15) is 0 Å². The van der Waals surface area contributed by atoms with Crippen LogP contribution in [0.4, 0.5) is 0 Å². The summed E-state index contributed by atoms with van der Waals surface area (Å²) in [5.74, 6) is 0. The van der Waals surface area contributed by atoms with Gasteiger partial charge in [-0.15, -0.1) is 0 Å². The van der Waals surface area contributed by atoms with Crippen LogP contribution in [0.5, 0.6) is 0 Å². The van der Waals surface area contributed by atoms with Gasteiger partial charge in [0.15, 0.2) is 0 Å². The molecule has 0 saturated carbocycles. The summed E-state index contributed by atoms with van der Waals surface area (Å²) in [6.07, 6.45) is 2.84. The first-order valence-electron chi connectivity index (χ1n) is 7.11. The quantitative estimate of drug-likeness (QED) is 0.668. The summed E-state index contributed by atoms with van der Waals surface area (Å²) in [6.45, 7) is 5.62. The predicted octanol–water partition coefficient (Wildman–Crippen LogP) is 3.57. The fourth-order valence-electron chi connectivity index (χ4n) is 1.86. The highest BCUT2D eigenvalue weighted by atomic mass is 35.5. The Labute approximate surface area is 137 Å². The lowest BCUT2D eigenvalue weighted by Crippen LogP contribution is -2.25. The van der Waals surface area contributed by atoms with Crippen LogP contribution in [-0.2, 0) is 16.6 Å². The number of hydrogen-bond donors (Lipinski definition) is 2. The van der Waals surface area contributed by atoms with Crippen molar-refractivity contribution in [2.45, 2.75) is 44.6 Å². The van der Waals surface area contributed by atoms with Gasteiger partial charge in [-0.3, -0.25) is 0 Å². The molecule has 0 bridgehead atoms. The Morgan fingerprint density at radius 2 is 1.86 bits per heavy atom. The fourth-order valence-corrected chi connectivity index (χ4v) is 3.84. The van der Waals surface area contributed by atoms with Crippen LogP contribution in [0.3, 0.4) is 0 Å². The maximum atomic E-state index is 12.3. The zero-order valence-electron chi connectivity index (χ0n) is 12.4. The number of benzene rings is 1. The first kappa shape index (κ1) is 18.7. The van der Waals surface area contributed by atoms with Gasteiger partial charge in [0.05, 0.1) is 5.02 Å². The largest absolute Gasteiger partial charge is 0.313 e. The first-order valence-corrected chi connectivity index (χ1v) is 9.35. The smallest absolute Gasteiger partial charge is 0.242 e. The third-order valence-corrected chi connectivity index (χ3v) is 5.47. The molecule has 0 radical (unpaired) electrons. The van der Waals surface area contributed by atoms with Crippen molar-refractivity contribution in [3.05, 3.63) is 27.7 Å². The number of halogens is 2. The van der Waals surface area contributed by atoms with E-state index in [-0.39, 0.29) is 9.92 Å². The number of unbranched alkanes of at least 4 members (excludes halogenated alkanes) is 2. The highest BCUT2D eigenvalue weighted by Crippen LogP contribution is 2.31. The van der Waals surface area contributed by atoms with Gasteiger partial charge < -0.3 is 5.32 Å². The minimum Gasteiger partial charge on any atom is -0.313 e. The molecule has 7 heteroatoms. The van der Waals surface area contributed by atoms with Crippen LogP contribution < -0.4 is 10.0 Å². The number of sulfonamides is 1. The van der Waals surface area contributed by atoms with E-state index < -0.39 is 10.0 Å². The Hall–Kier alpha value is -0.330. The van der Waals surface area contributed by atoms with E-state index in [4.69, 9.17) is 23.2 Å². The molecule has 0 fully saturated rings. The molecule has 0 aliphatic rings. The number of rotatable bonds is 9. The molecular weight excluding hydrogens is 331 g/mol. The molecule has 1 aromatic rings. The lowest BCUT2D eigenvalue weighted by molar-refractivity contribution is 0.576. The second-order valence-corrected chi connectivity index (χ2v) is 7.24. The fraction of sp³-hybridized carbons (Fsp3) is 0.571. The van der Waals surface area contributed by atoms with Crippen molar-refractivity contribution in [2.24, 2.45) is 0 Å². The molecule has 0 aromatic heterocycles. The molecule has 0 atom stereocenters. The SMILES string of the molecule is CCCCCNS(=O)(=O)c1ccc(Cl)c(CNCC)c1Cl. The monoisotopic (exact) mass is 352 g/mol. The van der Waals surface area contributed by atoms with E-state index in [1.54, 1.807) is 6.07 Å². The molecule has 1 aromatic carbocycles. The summed E-state index contributed by atoms with van der Waals surface area (Å²) >= 11 is 12.3. The van der Waals surface area contributed by atoms with E-state index in [2.05, 4.69) is 17.0 Å². The molecule has 120 valence electrons. The Kier molecular flexibility index (Phi) is 7.98. The van der Waals surface area contributed by atoms with Crippen molar-refractivity contribution in [1.29, 1.82) is 0 Å². The van der Waals surface area contributed by atoms with Crippen molar-refractivity contribution in [2.75, 3.05) is 13.1 Å². The van der Waals surface area contributed by atoms with E-state index in [1.165, 1.54) is 6.07 Å². The molecule has 1 rings (SSSR count). The van der Waals surface area contributed by atoms with E-state index in [0.29, 0.717) is 23.7 Å². The van der Waals surface area contributed by atoms with E-state index in [0.717, 1.165) is 25.8 Å². The number of hydrogen-bond acceptors (Lipinski definition) is 3. The highest BCUT2D eigenvalue weighted by Gasteiger charge is 2.21.